The maximum Gasteiger partial charge on any atom is 0.407 e. The van der Waals surface area contributed by atoms with Crippen molar-refractivity contribution in [3.05, 3.63) is 59.7 Å². The Hall–Kier alpha value is -3.35. The van der Waals surface area contributed by atoms with Crippen molar-refractivity contribution in [1.29, 1.82) is 0 Å². The number of hydrogen-bond acceptors (Lipinski definition) is 4. The predicted octanol–water partition coefficient (Wildman–Crippen LogP) is 4.80. The number of carbonyl (C=O) groups is 3. The molecule has 2 aromatic carbocycles. The molecule has 0 saturated heterocycles. The molecule has 0 fully saturated rings. The van der Waals surface area contributed by atoms with E-state index < -0.39 is 36.0 Å². The van der Waals surface area contributed by atoms with E-state index >= 15 is 0 Å². The average Bonchev–Trinajstić information content (AvgIpc) is 3.10. The molecule has 35 heavy (non-hydrogen) atoms. The van der Waals surface area contributed by atoms with E-state index in [9.17, 15) is 19.5 Å². The summed E-state index contributed by atoms with van der Waals surface area (Å²) in [6.07, 6.45) is -0.263. The van der Waals surface area contributed by atoms with E-state index in [-0.39, 0.29) is 24.4 Å². The highest BCUT2D eigenvalue weighted by molar-refractivity contribution is 5.86. The quantitative estimate of drug-likeness (QED) is 0.453. The Kier molecular flexibility index (Phi) is 8.54. The molecule has 2 unspecified atom stereocenters. The number of ether oxygens (including phenoxy) is 1. The minimum Gasteiger partial charge on any atom is -0.481 e. The molecule has 0 spiro atoms. The Balaban J connectivity index is 1.66. The largest absolute Gasteiger partial charge is 0.481 e. The van der Waals surface area contributed by atoms with Crippen LogP contribution in [-0.2, 0) is 14.3 Å². The van der Waals surface area contributed by atoms with E-state index in [1.165, 1.54) is 0 Å². The highest BCUT2D eigenvalue weighted by Crippen LogP contribution is 2.44. The summed E-state index contributed by atoms with van der Waals surface area (Å²) in [6, 6.07) is 14.8. The molecule has 7 heteroatoms. The Morgan fingerprint density at radius 2 is 1.43 bits per heavy atom. The third-order valence-corrected chi connectivity index (χ3v) is 6.57. The smallest absolute Gasteiger partial charge is 0.407 e. The fourth-order valence-electron chi connectivity index (χ4n) is 4.98. The fraction of sp³-hybridized carbons (Fsp3) is 0.464. The van der Waals surface area contributed by atoms with Crippen molar-refractivity contribution in [2.75, 3.05) is 6.61 Å². The second kappa shape index (κ2) is 11.4. The first-order valence-corrected chi connectivity index (χ1v) is 12.2. The van der Waals surface area contributed by atoms with Gasteiger partial charge in [0.1, 0.15) is 12.6 Å². The lowest BCUT2D eigenvalue weighted by Crippen LogP contribution is -2.52. The normalized spacial score (nSPS) is 15.2. The number of carboxylic acids is 1. The van der Waals surface area contributed by atoms with Crippen molar-refractivity contribution in [2.24, 2.45) is 17.8 Å². The molecule has 1 aliphatic rings. The number of alkyl carbamates (subject to hydrolysis) is 1. The number of nitrogens with one attached hydrogen (secondary N) is 2. The van der Waals surface area contributed by atoms with Gasteiger partial charge in [-0.1, -0.05) is 76.2 Å². The van der Waals surface area contributed by atoms with Gasteiger partial charge in [-0.25, -0.2) is 4.79 Å². The number of rotatable bonds is 10. The van der Waals surface area contributed by atoms with Crippen LogP contribution in [0.4, 0.5) is 4.79 Å². The van der Waals surface area contributed by atoms with Crippen LogP contribution in [0.2, 0.25) is 0 Å². The van der Waals surface area contributed by atoms with Crippen molar-refractivity contribution >= 4 is 18.0 Å². The first-order chi connectivity index (χ1) is 16.6. The summed E-state index contributed by atoms with van der Waals surface area (Å²) in [5, 5.41) is 15.0. The molecule has 0 heterocycles. The monoisotopic (exact) mass is 480 g/mol. The highest BCUT2D eigenvalue weighted by atomic mass is 16.5. The SMILES string of the molecule is CC(C)C[C@H](NC(=O)OCC1c2ccccc2-c2ccccc21)C(=O)NC(C)C(C(=O)O)C(C)C. The number of hydrogen-bond donors (Lipinski definition) is 3. The zero-order valence-corrected chi connectivity index (χ0v) is 21.1. The predicted molar refractivity (Wildman–Crippen MR) is 135 cm³/mol. The number of benzene rings is 2. The van der Waals surface area contributed by atoms with E-state index in [4.69, 9.17) is 4.74 Å². The van der Waals surface area contributed by atoms with Crippen LogP contribution in [0, 0.1) is 17.8 Å². The molecule has 3 N–H and O–H groups in total. The molecule has 7 nitrogen and oxygen atoms in total. The number of carbonyl (C=O) groups excluding carboxylic acids is 2. The number of aliphatic carboxylic acids is 1. The van der Waals surface area contributed by atoms with Gasteiger partial charge in [-0.05, 0) is 47.4 Å². The molecule has 1 aliphatic carbocycles. The van der Waals surface area contributed by atoms with Gasteiger partial charge in [0, 0.05) is 12.0 Å². The van der Waals surface area contributed by atoms with Crippen LogP contribution in [0.15, 0.2) is 48.5 Å². The van der Waals surface area contributed by atoms with Crippen LogP contribution >= 0.6 is 0 Å². The standard InChI is InChI=1S/C28H36N2O5/c1-16(2)14-24(26(31)29-18(5)25(17(3)4)27(32)33)30-28(34)35-15-23-21-12-8-6-10-19(21)20-11-7-9-13-22(20)23/h6-13,16-18,23-25H,14-15H2,1-5H3,(H,29,31)(H,30,34)(H,32,33)/t18?,24-,25?/m0/s1. The van der Waals surface area contributed by atoms with Crippen molar-refractivity contribution in [1.82, 2.24) is 10.6 Å². The fourth-order valence-corrected chi connectivity index (χ4v) is 4.98. The molecule has 0 saturated carbocycles. The summed E-state index contributed by atoms with van der Waals surface area (Å²) in [6.45, 7) is 9.36. The van der Waals surface area contributed by atoms with Gasteiger partial charge in [0.05, 0.1) is 5.92 Å². The third kappa shape index (κ3) is 6.21. The van der Waals surface area contributed by atoms with Crippen molar-refractivity contribution in [2.45, 2.75) is 59.0 Å². The molecular formula is C28H36N2O5. The number of carboxylic acid groups (broad SMARTS) is 1. The van der Waals surface area contributed by atoms with Crippen LogP contribution in [-0.4, -0.2) is 41.8 Å². The Labute approximate surface area is 207 Å². The summed E-state index contributed by atoms with van der Waals surface area (Å²) in [5.74, 6) is -2.19. The minimum atomic E-state index is -0.960. The molecule has 0 aromatic heterocycles. The maximum atomic E-state index is 13.0. The minimum absolute atomic E-state index is 0.0760. The van der Waals surface area contributed by atoms with Gasteiger partial charge in [0.25, 0.3) is 0 Å². The molecular weight excluding hydrogens is 444 g/mol. The lowest BCUT2D eigenvalue weighted by molar-refractivity contribution is -0.144. The van der Waals surface area contributed by atoms with Crippen LogP contribution < -0.4 is 10.6 Å². The zero-order valence-electron chi connectivity index (χ0n) is 21.1. The maximum absolute atomic E-state index is 13.0. The number of fused-ring (bicyclic) bond motifs is 3. The lowest BCUT2D eigenvalue weighted by atomic mass is 9.89. The molecule has 0 aliphatic heterocycles. The van der Waals surface area contributed by atoms with E-state index in [2.05, 4.69) is 22.8 Å². The molecule has 2 aromatic rings. The van der Waals surface area contributed by atoms with Crippen molar-refractivity contribution in [3.8, 4) is 11.1 Å². The Morgan fingerprint density at radius 3 is 1.91 bits per heavy atom. The second-order valence-electron chi connectivity index (χ2n) is 10.1. The van der Waals surface area contributed by atoms with Gasteiger partial charge < -0.3 is 20.5 Å². The Morgan fingerprint density at radius 1 is 0.886 bits per heavy atom. The summed E-state index contributed by atoms with van der Waals surface area (Å²) >= 11 is 0. The van der Waals surface area contributed by atoms with Crippen LogP contribution in [0.3, 0.4) is 0 Å². The summed E-state index contributed by atoms with van der Waals surface area (Å²) in [4.78, 5) is 37.4. The third-order valence-electron chi connectivity index (χ3n) is 6.57. The Bertz CT molecular complexity index is 1020. The van der Waals surface area contributed by atoms with Crippen LogP contribution in [0.25, 0.3) is 11.1 Å². The summed E-state index contributed by atoms with van der Waals surface area (Å²) in [7, 11) is 0. The molecule has 3 rings (SSSR count). The van der Waals surface area contributed by atoms with Crippen molar-refractivity contribution in [3.63, 3.8) is 0 Å². The molecule has 3 atom stereocenters. The van der Waals surface area contributed by atoms with Gasteiger partial charge in [-0.15, -0.1) is 0 Å². The first kappa shape index (κ1) is 26.3. The van der Waals surface area contributed by atoms with E-state index in [1.807, 2.05) is 64.1 Å². The van der Waals surface area contributed by atoms with Gasteiger partial charge >= 0.3 is 12.1 Å². The van der Waals surface area contributed by atoms with Crippen LogP contribution in [0.5, 0.6) is 0 Å². The first-order valence-electron chi connectivity index (χ1n) is 12.2. The van der Waals surface area contributed by atoms with Crippen molar-refractivity contribution < 1.29 is 24.2 Å². The zero-order chi connectivity index (χ0) is 25.7. The van der Waals surface area contributed by atoms with Gasteiger partial charge in [-0.2, -0.15) is 0 Å². The molecule has 0 radical (unpaired) electrons. The van der Waals surface area contributed by atoms with E-state index in [0.29, 0.717) is 6.42 Å². The lowest BCUT2D eigenvalue weighted by Gasteiger charge is -2.27. The van der Waals surface area contributed by atoms with E-state index in [1.54, 1.807) is 6.92 Å². The van der Waals surface area contributed by atoms with Gasteiger partial charge in [-0.3, -0.25) is 9.59 Å². The highest BCUT2D eigenvalue weighted by Gasteiger charge is 2.33. The molecule has 2 amide bonds. The second-order valence-corrected chi connectivity index (χ2v) is 10.1. The topological polar surface area (TPSA) is 105 Å². The van der Waals surface area contributed by atoms with E-state index in [0.717, 1.165) is 22.3 Å². The summed E-state index contributed by atoms with van der Waals surface area (Å²) in [5.41, 5.74) is 4.50. The molecule has 0 bridgehead atoms. The van der Waals surface area contributed by atoms with Gasteiger partial charge in [0.2, 0.25) is 5.91 Å². The number of amides is 2. The molecule has 188 valence electrons. The summed E-state index contributed by atoms with van der Waals surface area (Å²) < 4.78 is 5.61. The average molecular weight is 481 g/mol. The van der Waals surface area contributed by atoms with Gasteiger partial charge in [0.15, 0.2) is 0 Å². The van der Waals surface area contributed by atoms with Crippen LogP contribution in [0.1, 0.15) is 58.1 Å².